The first kappa shape index (κ1) is 33.2. The predicted octanol–water partition coefficient (Wildman–Crippen LogP) is 9.58. The Balaban J connectivity index is 1.29. The lowest BCUT2D eigenvalue weighted by molar-refractivity contribution is -0.124. The van der Waals surface area contributed by atoms with E-state index in [1.54, 1.807) is 25.7 Å². The first-order valence-corrected chi connectivity index (χ1v) is 17.5. The van der Waals surface area contributed by atoms with Crippen molar-refractivity contribution >= 4 is 27.8 Å². The number of aromatic nitrogens is 4. The Hall–Kier alpha value is -4.13. The summed E-state index contributed by atoms with van der Waals surface area (Å²) in [6.07, 6.45) is 24.7. The third-order valence-corrected chi connectivity index (χ3v) is 9.15. The van der Waals surface area contributed by atoms with E-state index in [2.05, 4.69) is 62.2 Å². The van der Waals surface area contributed by atoms with Crippen LogP contribution in [0.5, 0.6) is 5.75 Å². The molecule has 0 aliphatic carbocycles. The molecule has 7 heteroatoms. The topological polar surface area (TPSA) is 84.8 Å². The molecule has 0 fully saturated rings. The summed E-state index contributed by atoms with van der Waals surface area (Å²) in [5, 5.41) is 5.37. The minimum absolute atomic E-state index is 0.0645. The summed E-state index contributed by atoms with van der Waals surface area (Å²) < 4.78 is 7.80. The van der Waals surface area contributed by atoms with Gasteiger partial charge in [0.2, 0.25) is 5.91 Å². The highest BCUT2D eigenvalue weighted by Gasteiger charge is 2.24. The van der Waals surface area contributed by atoms with E-state index in [4.69, 9.17) is 4.74 Å². The van der Waals surface area contributed by atoms with Crippen LogP contribution in [0, 0.1) is 0 Å². The van der Waals surface area contributed by atoms with Gasteiger partial charge in [-0.15, -0.1) is 0 Å². The second-order valence-corrected chi connectivity index (χ2v) is 12.5. The van der Waals surface area contributed by atoms with E-state index in [0.717, 1.165) is 64.6 Å². The molecular formula is C39H51N5O2. The average Bonchev–Trinajstić information content (AvgIpc) is 3.69. The number of benzene rings is 1. The van der Waals surface area contributed by atoms with Gasteiger partial charge in [-0.3, -0.25) is 9.78 Å². The van der Waals surface area contributed by atoms with Gasteiger partial charge in [0.05, 0.1) is 7.11 Å². The number of ether oxygens (including phenoxy) is 1. The predicted molar refractivity (Wildman–Crippen MR) is 189 cm³/mol. The summed E-state index contributed by atoms with van der Waals surface area (Å²) in [6, 6.07) is 16.0. The van der Waals surface area contributed by atoms with E-state index in [9.17, 15) is 4.79 Å². The minimum atomic E-state index is -0.312. The van der Waals surface area contributed by atoms with Crippen molar-refractivity contribution in [1.82, 2.24) is 24.8 Å². The quantitative estimate of drug-likeness (QED) is 0.0848. The highest BCUT2D eigenvalue weighted by Crippen LogP contribution is 2.36. The van der Waals surface area contributed by atoms with Crippen LogP contribution in [0.2, 0.25) is 0 Å². The zero-order valence-electron chi connectivity index (χ0n) is 27.8. The standard InChI is InChI=1S/C39H51N5O2/c1-3-4-5-6-7-8-9-10-11-12-13-14-17-37(39(45)42-26-22-30-20-24-40-25-21-30)44-29-34(33-28-32(46-2)18-19-36(33)44)35-27-31-16-15-23-41-38(31)43-35/h15-16,18-21,23-25,27-29,37H,3-14,17,22,26H2,1-2H3,(H,41,43)(H,42,45). The second kappa shape index (κ2) is 17.5. The van der Waals surface area contributed by atoms with E-state index in [1.807, 2.05) is 24.3 Å². The Morgan fingerprint density at radius 1 is 0.891 bits per heavy atom. The fourth-order valence-corrected chi connectivity index (χ4v) is 6.51. The van der Waals surface area contributed by atoms with Crippen molar-refractivity contribution in [3.05, 3.63) is 78.9 Å². The number of rotatable bonds is 20. The van der Waals surface area contributed by atoms with Gasteiger partial charge in [-0.25, -0.2) is 4.98 Å². The second-order valence-electron chi connectivity index (χ2n) is 12.5. The first-order chi connectivity index (χ1) is 22.7. The van der Waals surface area contributed by atoms with Gasteiger partial charge in [0.1, 0.15) is 17.4 Å². The number of H-pyrrole nitrogens is 1. The Morgan fingerprint density at radius 2 is 1.61 bits per heavy atom. The number of aromatic amines is 1. The Kier molecular flexibility index (Phi) is 12.7. The van der Waals surface area contributed by atoms with Crippen LogP contribution in [0.4, 0.5) is 0 Å². The molecule has 5 rings (SSSR count). The van der Waals surface area contributed by atoms with Gasteiger partial charge in [-0.05, 0) is 66.9 Å². The number of nitrogens with one attached hydrogen (secondary N) is 2. The molecule has 0 saturated carbocycles. The molecule has 244 valence electrons. The van der Waals surface area contributed by atoms with Gasteiger partial charge < -0.3 is 19.6 Å². The number of fused-ring (bicyclic) bond motifs is 2. The van der Waals surface area contributed by atoms with Crippen LogP contribution in [-0.4, -0.2) is 39.1 Å². The fourth-order valence-electron chi connectivity index (χ4n) is 6.51. The number of pyridine rings is 2. The Morgan fingerprint density at radius 3 is 2.30 bits per heavy atom. The maximum absolute atomic E-state index is 13.9. The minimum Gasteiger partial charge on any atom is -0.497 e. The maximum Gasteiger partial charge on any atom is 0.243 e. The number of hydrogen-bond donors (Lipinski definition) is 2. The zero-order valence-corrected chi connectivity index (χ0v) is 27.8. The number of carbonyl (C=O) groups is 1. The van der Waals surface area contributed by atoms with Gasteiger partial charge in [0.25, 0.3) is 0 Å². The van der Waals surface area contributed by atoms with E-state index in [0.29, 0.717) is 6.54 Å². The SMILES string of the molecule is CCCCCCCCCCCCCCC(C(=O)NCCc1ccncc1)n1cc(-c2cc3cccnc3[nH]2)c2cc(OC)ccc21. The molecule has 5 aromatic rings. The smallest absolute Gasteiger partial charge is 0.243 e. The van der Waals surface area contributed by atoms with E-state index < -0.39 is 0 Å². The number of carbonyl (C=O) groups excluding carboxylic acids is 1. The van der Waals surface area contributed by atoms with Crippen LogP contribution in [-0.2, 0) is 11.2 Å². The first-order valence-electron chi connectivity index (χ1n) is 17.5. The summed E-state index contributed by atoms with van der Waals surface area (Å²) in [5.74, 6) is 0.856. The van der Waals surface area contributed by atoms with Crippen LogP contribution < -0.4 is 10.1 Å². The normalized spacial score (nSPS) is 12.1. The Bertz CT molecular complexity index is 1610. The number of methoxy groups -OCH3 is 1. The molecule has 1 amide bonds. The molecule has 0 spiro atoms. The molecular weight excluding hydrogens is 570 g/mol. The van der Waals surface area contributed by atoms with Crippen LogP contribution in [0.25, 0.3) is 33.2 Å². The number of nitrogens with zero attached hydrogens (tertiary/aromatic N) is 3. The molecule has 4 aromatic heterocycles. The molecule has 0 aliphatic heterocycles. The van der Waals surface area contributed by atoms with Crippen molar-refractivity contribution in [3.63, 3.8) is 0 Å². The maximum atomic E-state index is 13.9. The summed E-state index contributed by atoms with van der Waals surface area (Å²) in [6.45, 7) is 2.86. The monoisotopic (exact) mass is 621 g/mol. The molecule has 1 atom stereocenters. The van der Waals surface area contributed by atoms with Crippen molar-refractivity contribution in [1.29, 1.82) is 0 Å². The summed E-state index contributed by atoms with van der Waals surface area (Å²) in [7, 11) is 1.69. The Labute approximate surface area is 274 Å². The van der Waals surface area contributed by atoms with Crippen LogP contribution in [0.1, 0.15) is 102 Å². The van der Waals surface area contributed by atoms with Crippen molar-refractivity contribution < 1.29 is 9.53 Å². The molecule has 2 N–H and O–H groups in total. The molecule has 0 radical (unpaired) electrons. The van der Waals surface area contributed by atoms with E-state index in [1.165, 1.54) is 69.8 Å². The third kappa shape index (κ3) is 8.99. The lowest BCUT2D eigenvalue weighted by atomic mass is 10.0. The van der Waals surface area contributed by atoms with Crippen molar-refractivity contribution in [2.45, 2.75) is 103 Å². The van der Waals surface area contributed by atoms with Gasteiger partial charge >= 0.3 is 0 Å². The highest BCUT2D eigenvalue weighted by molar-refractivity contribution is 5.99. The molecule has 1 aromatic carbocycles. The van der Waals surface area contributed by atoms with Crippen molar-refractivity contribution in [2.24, 2.45) is 0 Å². The number of hydrogen-bond acceptors (Lipinski definition) is 4. The van der Waals surface area contributed by atoms with Crippen molar-refractivity contribution in [2.75, 3.05) is 13.7 Å². The largest absolute Gasteiger partial charge is 0.497 e. The molecule has 0 aliphatic rings. The molecule has 1 unspecified atom stereocenters. The van der Waals surface area contributed by atoms with Crippen molar-refractivity contribution in [3.8, 4) is 17.0 Å². The summed E-state index contributed by atoms with van der Waals surface area (Å²) >= 11 is 0. The molecule has 0 saturated heterocycles. The molecule has 0 bridgehead atoms. The van der Waals surface area contributed by atoms with Gasteiger partial charge in [-0.2, -0.15) is 0 Å². The van der Waals surface area contributed by atoms with E-state index >= 15 is 0 Å². The number of amides is 1. The molecule has 7 nitrogen and oxygen atoms in total. The van der Waals surface area contributed by atoms with Gasteiger partial charge in [0.15, 0.2) is 0 Å². The van der Waals surface area contributed by atoms with Crippen LogP contribution >= 0.6 is 0 Å². The van der Waals surface area contributed by atoms with Gasteiger partial charge in [0, 0.05) is 58.9 Å². The zero-order chi connectivity index (χ0) is 32.0. The van der Waals surface area contributed by atoms with Crippen LogP contribution in [0.15, 0.2) is 73.3 Å². The van der Waals surface area contributed by atoms with E-state index in [-0.39, 0.29) is 11.9 Å². The summed E-state index contributed by atoms with van der Waals surface area (Å²) in [4.78, 5) is 26.1. The average molecular weight is 622 g/mol. The third-order valence-electron chi connectivity index (χ3n) is 9.15. The van der Waals surface area contributed by atoms with Crippen LogP contribution in [0.3, 0.4) is 0 Å². The molecule has 46 heavy (non-hydrogen) atoms. The molecule has 4 heterocycles. The summed E-state index contributed by atoms with van der Waals surface area (Å²) in [5.41, 5.74) is 5.06. The van der Waals surface area contributed by atoms with Gasteiger partial charge in [-0.1, -0.05) is 84.0 Å². The lowest BCUT2D eigenvalue weighted by Gasteiger charge is -2.20. The highest BCUT2D eigenvalue weighted by atomic mass is 16.5. The lowest BCUT2D eigenvalue weighted by Crippen LogP contribution is -2.33. The number of unbranched alkanes of at least 4 members (excludes halogenated alkanes) is 11. The fraction of sp³-hybridized carbons (Fsp3) is 0.462.